The average Bonchev–Trinajstić information content (AvgIpc) is 1.30. The number of hydrogen-bond donors (Lipinski definition) is 2. The Hall–Kier alpha value is -15.1. The molecule has 7 aromatic carbocycles. The third-order valence-electron chi connectivity index (χ3n) is 19.1. The number of H-pyrrole nitrogens is 2. The highest BCUT2D eigenvalue weighted by Gasteiger charge is 2.19. The quantitative estimate of drug-likeness (QED) is 0.110. The highest BCUT2D eigenvalue weighted by molar-refractivity contribution is 7.89. The number of sulfone groups is 1. The van der Waals surface area contributed by atoms with Crippen molar-refractivity contribution in [1.82, 2.24) is 73.5 Å². The summed E-state index contributed by atoms with van der Waals surface area (Å²) < 4.78 is 97.7. The highest BCUT2D eigenvalue weighted by atomic mass is 32.2. The summed E-state index contributed by atoms with van der Waals surface area (Å²) in [6, 6.07) is 72.5. The minimum atomic E-state index is -3.09. The molecule has 0 aliphatic carbocycles. The van der Waals surface area contributed by atoms with Crippen LogP contribution in [0.5, 0.6) is 0 Å². The normalized spacial score (nSPS) is 11.2. The molecule has 0 spiro atoms. The van der Waals surface area contributed by atoms with E-state index in [0.29, 0.717) is 33.8 Å². The van der Waals surface area contributed by atoms with Gasteiger partial charge in [-0.2, -0.15) is 10.2 Å². The summed E-state index contributed by atoms with van der Waals surface area (Å²) in [5, 5.41) is 15.9. The van der Waals surface area contributed by atoms with Crippen LogP contribution in [0, 0.1) is 36.0 Å². The summed E-state index contributed by atoms with van der Waals surface area (Å²) in [6.45, 7) is 1.95. The summed E-state index contributed by atoms with van der Waals surface area (Å²) in [4.78, 5) is 34.9. The second-order valence-corrected chi connectivity index (χ2v) is 29.2. The van der Waals surface area contributed by atoms with Gasteiger partial charge in [0.15, 0.2) is 21.5 Å². The lowest BCUT2D eigenvalue weighted by atomic mass is 9.98. The maximum atomic E-state index is 14.3. The number of aromatic nitrogens is 15. The smallest absolute Gasteiger partial charge is 0.159 e. The maximum absolute atomic E-state index is 14.3. The van der Waals surface area contributed by atoms with Crippen LogP contribution in [-0.2, 0) is 15.6 Å². The molecule has 116 heavy (non-hydrogen) atoms. The number of hydrogen-bond acceptors (Lipinski definition) is 12. The lowest BCUT2D eigenvalue weighted by Gasteiger charge is -2.11. The van der Waals surface area contributed by atoms with Gasteiger partial charge in [-0.1, -0.05) is 96.6 Å². The van der Waals surface area contributed by atoms with Crippen molar-refractivity contribution >= 4 is 48.6 Å². The molecule has 20 rings (SSSR count). The van der Waals surface area contributed by atoms with Crippen LogP contribution in [0.25, 0.3) is 151 Å². The summed E-state index contributed by atoms with van der Waals surface area (Å²) >= 11 is 0. The van der Waals surface area contributed by atoms with Crippen molar-refractivity contribution in [3.05, 3.63) is 382 Å². The zero-order valence-corrected chi connectivity index (χ0v) is 62.8. The van der Waals surface area contributed by atoms with E-state index >= 15 is 0 Å². The van der Waals surface area contributed by atoms with Crippen LogP contribution in [0.3, 0.4) is 0 Å². The van der Waals surface area contributed by atoms with Gasteiger partial charge < -0.3 is 13.2 Å². The van der Waals surface area contributed by atoms with Crippen molar-refractivity contribution < 1.29 is 30.4 Å². The fraction of sp³-hybridized carbons (Fsp3) is 0.0323. The minimum Gasteiger partial charge on any atom is -0.306 e. The molecule has 0 unspecified atom stereocenters. The van der Waals surface area contributed by atoms with Crippen molar-refractivity contribution in [3.63, 3.8) is 0 Å². The van der Waals surface area contributed by atoms with Gasteiger partial charge in [-0.25, -0.2) is 45.3 Å². The average molecular weight is 1550 g/mol. The van der Waals surface area contributed by atoms with E-state index in [1.165, 1.54) is 36.6 Å². The lowest BCUT2D eigenvalue weighted by Crippen LogP contribution is -2.01. The van der Waals surface area contributed by atoms with E-state index in [1.807, 2.05) is 233 Å². The maximum Gasteiger partial charge on any atom is 0.159 e. The standard InChI is InChI=1S/C20H17N3O2S.C19H14FN3.C18H11F2N3.2C18H12FN3/c1-26(24,25)14-15-4-2-5-16(12-15)20-18(6-3-9-22-20)17-7-8-19-21-10-11-23(19)13-17;1-13-4-6-17(20)16(11-13)19-15(3-2-8-22-19)14-5-7-18-21-9-10-23(18)12-14;19-15-5-3-12(9-16(15)20)18-14(2-1-7-21-18)11-4-6-17-13(8-11)10-22-23-17;19-15-4-1-3-13(11-15)18-16(5-2-8-21-18)14-6-7-17-20-9-10-22(17)12-14;19-16-6-2-1-4-15(16)18-14(5-3-9-20-18)12-7-8-17-13(10-12)11-21-22-17/h2-13H,14H2,1H3;2-12H,1H3;1-10H,(H,22,23);1-12H;1-11H,(H,21,22). The predicted molar refractivity (Wildman–Crippen MR) is 444 cm³/mol. The number of halogens is 5. The Labute approximate surface area is 661 Å². The Morgan fingerprint density at radius 1 is 0.319 bits per heavy atom. The molecule has 20 aromatic rings. The number of pyridine rings is 8. The number of rotatable bonds is 12. The molecule has 2 N–H and O–H groups in total. The molecule has 0 saturated carbocycles. The van der Waals surface area contributed by atoms with Crippen molar-refractivity contribution in [2.24, 2.45) is 0 Å². The summed E-state index contributed by atoms with van der Waals surface area (Å²) in [7, 11) is -3.09. The van der Waals surface area contributed by atoms with Gasteiger partial charge in [-0.3, -0.25) is 35.1 Å². The molecule has 0 radical (unpaired) electrons. The number of nitrogens with one attached hydrogen (secondary N) is 2. The molecular formula is C93H66F5N15O2S. The van der Waals surface area contributed by atoms with E-state index in [0.717, 1.165) is 140 Å². The van der Waals surface area contributed by atoms with E-state index in [9.17, 15) is 30.4 Å². The number of fused-ring (bicyclic) bond motifs is 5. The summed E-state index contributed by atoms with van der Waals surface area (Å²) in [6.07, 6.45) is 30.2. The number of imidazole rings is 3. The van der Waals surface area contributed by atoms with Crippen molar-refractivity contribution in [2.45, 2.75) is 12.7 Å². The zero-order valence-electron chi connectivity index (χ0n) is 62.0. The predicted octanol–water partition coefficient (Wildman–Crippen LogP) is 21.3. The van der Waals surface area contributed by atoms with Gasteiger partial charge in [0, 0.05) is 176 Å². The van der Waals surface area contributed by atoms with Gasteiger partial charge in [0.1, 0.15) is 34.4 Å². The van der Waals surface area contributed by atoms with Gasteiger partial charge in [-0.15, -0.1) is 0 Å². The molecule has 0 saturated heterocycles. The van der Waals surface area contributed by atoms with E-state index in [4.69, 9.17) is 0 Å². The van der Waals surface area contributed by atoms with Gasteiger partial charge in [0.25, 0.3) is 0 Å². The molecule has 566 valence electrons. The molecule has 0 atom stereocenters. The number of benzene rings is 7. The minimum absolute atomic E-state index is 0.0179. The van der Waals surface area contributed by atoms with Crippen LogP contribution >= 0.6 is 0 Å². The number of aromatic amines is 2. The zero-order chi connectivity index (χ0) is 79.7. The molecule has 0 aliphatic rings. The number of aryl methyl sites for hydroxylation is 1. The molecule has 13 aromatic heterocycles. The van der Waals surface area contributed by atoms with Crippen molar-refractivity contribution in [3.8, 4) is 112 Å². The molecule has 17 nitrogen and oxygen atoms in total. The summed E-state index contributed by atoms with van der Waals surface area (Å²) in [5.74, 6) is -2.54. The number of nitrogens with zero attached hydrogens (tertiary/aromatic N) is 13. The van der Waals surface area contributed by atoms with Crippen LogP contribution in [0.2, 0.25) is 0 Å². The largest absolute Gasteiger partial charge is 0.306 e. The highest BCUT2D eigenvalue weighted by Crippen LogP contribution is 2.38. The second-order valence-electron chi connectivity index (χ2n) is 27.0. The molecule has 13 heterocycles. The van der Waals surface area contributed by atoms with Crippen LogP contribution in [0.4, 0.5) is 22.0 Å². The van der Waals surface area contributed by atoms with Gasteiger partial charge in [-0.05, 0) is 175 Å². The third kappa shape index (κ3) is 16.9. The van der Waals surface area contributed by atoms with Crippen molar-refractivity contribution in [1.29, 1.82) is 0 Å². The Morgan fingerprint density at radius 3 is 1.22 bits per heavy atom. The summed E-state index contributed by atoms with van der Waals surface area (Å²) in [5.41, 5.74) is 22.5. The topological polar surface area (TPSA) is 208 Å². The first kappa shape index (κ1) is 75.0. The second kappa shape index (κ2) is 33.5. The first-order chi connectivity index (χ1) is 56.6. The van der Waals surface area contributed by atoms with Crippen LogP contribution in [-0.4, -0.2) is 88.1 Å². The molecule has 0 bridgehead atoms. The SMILES string of the molecule is CS(=O)(=O)Cc1cccc(-c2ncccc2-c2ccc3nccn3c2)c1.Cc1ccc(F)c(-c2ncccc2-c2ccc3nccn3c2)c1.Fc1ccc(-c2ncccc2-c2ccc3[nH]ncc3c2)cc1F.Fc1cccc(-c2ncccc2-c2ccc3nccn3c2)c1.Fc1ccccc1-c1ncccc1-c1ccc2[nH]ncc2c1. The van der Waals surface area contributed by atoms with Crippen LogP contribution in [0.1, 0.15) is 11.1 Å². The first-order valence-corrected chi connectivity index (χ1v) is 38.6. The molecule has 0 aliphatic heterocycles. The Kier molecular flexibility index (Phi) is 21.6. The first-order valence-electron chi connectivity index (χ1n) is 36.5. The molecule has 0 amide bonds. The van der Waals surface area contributed by atoms with Gasteiger partial charge >= 0.3 is 0 Å². The van der Waals surface area contributed by atoms with E-state index in [-0.39, 0.29) is 23.2 Å². The molecule has 0 fully saturated rings. The monoisotopic (exact) mass is 1550 g/mol. The fourth-order valence-electron chi connectivity index (χ4n) is 13.6. The van der Waals surface area contributed by atoms with Crippen LogP contribution < -0.4 is 0 Å². The van der Waals surface area contributed by atoms with Gasteiger partial charge in [0.05, 0.1) is 57.6 Å². The Bertz CT molecular complexity index is 7080. The fourth-order valence-corrected chi connectivity index (χ4v) is 14.4. The van der Waals surface area contributed by atoms with E-state index in [2.05, 4.69) is 60.3 Å². The Morgan fingerprint density at radius 2 is 0.724 bits per heavy atom. The van der Waals surface area contributed by atoms with E-state index < -0.39 is 21.5 Å². The lowest BCUT2D eigenvalue weighted by molar-refractivity contribution is 0.509. The molecule has 23 heteroatoms. The third-order valence-corrected chi connectivity index (χ3v) is 19.9. The van der Waals surface area contributed by atoms with Crippen molar-refractivity contribution in [2.75, 3.05) is 6.26 Å². The van der Waals surface area contributed by atoms with Crippen LogP contribution in [0.15, 0.2) is 342 Å². The van der Waals surface area contributed by atoms with Gasteiger partial charge in [0.2, 0.25) is 0 Å². The van der Waals surface area contributed by atoms with E-state index in [1.54, 1.807) is 86.2 Å². The molecular weight excluding hydrogens is 1490 g/mol. The Balaban J connectivity index is 0.000000109.